The van der Waals surface area contributed by atoms with Crippen molar-refractivity contribution in [3.05, 3.63) is 18.9 Å². The van der Waals surface area contributed by atoms with Crippen molar-refractivity contribution in [3.63, 3.8) is 0 Å². The third kappa shape index (κ3) is 2.64. The minimum absolute atomic E-state index is 0.317. The molecule has 2 aromatic heterocycles. The van der Waals surface area contributed by atoms with E-state index in [-0.39, 0.29) is 6.61 Å². The van der Waals surface area contributed by atoms with E-state index in [0.29, 0.717) is 11.2 Å². The molecule has 5 atom stereocenters. The van der Waals surface area contributed by atoms with Gasteiger partial charge in [0, 0.05) is 4.57 Å². The third-order valence-corrected chi connectivity index (χ3v) is 3.57. The van der Waals surface area contributed by atoms with E-state index in [1.165, 1.54) is 23.4 Å². The molecular weight excluding hydrogens is 303 g/mol. The molecule has 1 aliphatic rings. The Hall–Kier alpha value is -1.55. The molecule has 1 aliphatic heterocycles. The molecule has 0 radical (unpaired) electrons. The molecular formula is C10H12N4O6P+. The maximum absolute atomic E-state index is 10.5. The summed E-state index contributed by atoms with van der Waals surface area (Å²) in [6, 6.07) is 0. The first-order valence-electron chi connectivity index (χ1n) is 6.01. The molecule has 0 aliphatic carbocycles. The number of rotatable bonds is 4. The van der Waals surface area contributed by atoms with Gasteiger partial charge in [0.15, 0.2) is 11.9 Å². The highest BCUT2D eigenvalue weighted by molar-refractivity contribution is 7.32. The molecule has 0 amide bonds. The lowest BCUT2D eigenvalue weighted by atomic mass is 10.1. The molecule has 0 aromatic carbocycles. The molecule has 1 unspecified atom stereocenters. The average molecular weight is 315 g/mol. The van der Waals surface area contributed by atoms with E-state index in [9.17, 15) is 14.8 Å². The van der Waals surface area contributed by atoms with Gasteiger partial charge in [0.25, 0.3) is 0 Å². The molecule has 10 nitrogen and oxygen atoms in total. The number of imidazole rings is 1. The van der Waals surface area contributed by atoms with Gasteiger partial charge in [-0.05, 0) is 0 Å². The van der Waals surface area contributed by atoms with Crippen LogP contribution in [0.5, 0.6) is 0 Å². The molecule has 1 fully saturated rings. The second-order valence-electron chi connectivity index (χ2n) is 4.46. The van der Waals surface area contributed by atoms with Gasteiger partial charge in [-0.15, -0.1) is 9.42 Å². The van der Waals surface area contributed by atoms with Gasteiger partial charge in [-0.3, -0.25) is 4.57 Å². The van der Waals surface area contributed by atoms with Crippen LogP contribution < -0.4 is 0 Å². The number of ether oxygens (including phenoxy) is 1. The maximum atomic E-state index is 10.5. The summed E-state index contributed by atoms with van der Waals surface area (Å²) in [5, 5.41) is 20.0. The van der Waals surface area contributed by atoms with Crippen LogP contribution in [0.3, 0.4) is 0 Å². The number of aliphatic hydroxyl groups is 2. The normalized spacial score (nSPS) is 30.0. The first-order chi connectivity index (χ1) is 10.1. The van der Waals surface area contributed by atoms with Crippen molar-refractivity contribution in [2.75, 3.05) is 6.61 Å². The molecule has 112 valence electrons. The van der Waals surface area contributed by atoms with E-state index in [1.807, 2.05) is 0 Å². The summed E-state index contributed by atoms with van der Waals surface area (Å²) in [5.41, 5.74) is 0.956. The van der Waals surface area contributed by atoms with Crippen molar-refractivity contribution < 1.29 is 28.9 Å². The minimum Gasteiger partial charge on any atom is -0.387 e. The molecule has 0 saturated carbocycles. The minimum atomic E-state index is -2.80. The van der Waals surface area contributed by atoms with Gasteiger partial charge in [-0.1, -0.05) is 0 Å². The molecule has 3 heterocycles. The number of fused-ring (bicyclic) bond motifs is 1. The van der Waals surface area contributed by atoms with Crippen molar-refractivity contribution in [1.29, 1.82) is 0 Å². The predicted molar refractivity (Wildman–Crippen MR) is 67.0 cm³/mol. The molecule has 0 bridgehead atoms. The highest BCUT2D eigenvalue weighted by atomic mass is 31.1. The van der Waals surface area contributed by atoms with E-state index < -0.39 is 32.8 Å². The fourth-order valence-corrected chi connectivity index (χ4v) is 2.48. The van der Waals surface area contributed by atoms with Gasteiger partial charge < -0.3 is 14.9 Å². The van der Waals surface area contributed by atoms with Crippen molar-refractivity contribution in [1.82, 2.24) is 19.5 Å². The maximum Gasteiger partial charge on any atom is 0.694 e. The second-order valence-corrected chi connectivity index (χ2v) is 5.20. The van der Waals surface area contributed by atoms with E-state index in [2.05, 4.69) is 19.5 Å². The van der Waals surface area contributed by atoms with Crippen LogP contribution in [0.2, 0.25) is 0 Å². The summed E-state index contributed by atoms with van der Waals surface area (Å²) in [6.45, 7) is -0.317. The Kier molecular flexibility index (Phi) is 3.89. The number of aliphatic hydroxyl groups excluding tert-OH is 2. The van der Waals surface area contributed by atoms with Gasteiger partial charge in [0.1, 0.15) is 36.8 Å². The van der Waals surface area contributed by atoms with Gasteiger partial charge in [0.05, 0.1) is 12.5 Å². The third-order valence-electron chi connectivity index (χ3n) is 3.20. The first-order valence-corrected chi connectivity index (χ1v) is 7.14. The zero-order valence-electron chi connectivity index (χ0n) is 10.6. The largest absolute Gasteiger partial charge is 0.694 e. The van der Waals surface area contributed by atoms with Crippen molar-refractivity contribution in [3.8, 4) is 0 Å². The lowest BCUT2D eigenvalue weighted by molar-refractivity contribution is -0.0476. The van der Waals surface area contributed by atoms with Crippen LogP contribution in [0.4, 0.5) is 0 Å². The highest BCUT2D eigenvalue weighted by Gasteiger charge is 2.45. The fourth-order valence-electron chi connectivity index (χ4n) is 2.21. The van der Waals surface area contributed by atoms with Crippen molar-refractivity contribution >= 4 is 19.4 Å². The highest BCUT2D eigenvalue weighted by Crippen LogP contribution is 2.32. The molecule has 1 saturated heterocycles. The summed E-state index contributed by atoms with van der Waals surface area (Å²) in [7, 11) is -2.80. The lowest BCUT2D eigenvalue weighted by Gasteiger charge is -2.16. The van der Waals surface area contributed by atoms with Crippen LogP contribution in [0.15, 0.2) is 18.9 Å². The van der Waals surface area contributed by atoms with Crippen LogP contribution in [0, 0.1) is 0 Å². The Labute approximate surface area is 118 Å². The van der Waals surface area contributed by atoms with Crippen LogP contribution in [-0.4, -0.2) is 59.5 Å². The molecule has 0 spiro atoms. The molecule has 3 N–H and O–H groups in total. The van der Waals surface area contributed by atoms with Gasteiger partial charge >= 0.3 is 8.25 Å². The zero-order valence-corrected chi connectivity index (χ0v) is 11.4. The SMILES string of the molecule is O=[P+](O)OC[C@H]1O[C@@H](n2cnc3cncnc32)[C@H](O)[C@@H]1O. The molecule has 2 aromatic rings. The molecule has 11 heteroatoms. The van der Waals surface area contributed by atoms with Gasteiger partial charge in [0.2, 0.25) is 0 Å². The Morgan fingerprint density at radius 1 is 1.38 bits per heavy atom. The molecule has 3 rings (SSSR count). The summed E-state index contributed by atoms with van der Waals surface area (Å²) >= 11 is 0. The van der Waals surface area contributed by atoms with Crippen LogP contribution in [0.1, 0.15) is 6.23 Å². The average Bonchev–Trinajstić information content (AvgIpc) is 3.00. The quantitative estimate of drug-likeness (QED) is 0.613. The number of hydrogen-bond acceptors (Lipinski definition) is 8. The summed E-state index contributed by atoms with van der Waals surface area (Å²) in [5.74, 6) is 0. The number of nitrogens with zero attached hydrogens (tertiary/aromatic N) is 4. The number of hydrogen-bond donors (Lipinski definition) is 3. The summed E-state index contributed by atoms with van der Waals surface area (Å²) < 4.78 is 22.0. The first kappa shape index (κ1) is 14.4. The lowest BCUT2D eigenvalue weighted by Crippen LogP contribution is -2.33. The predicted octanol–water partition coefficient (Wildman–Crippen LogP) is -0.888. The Bertz CT molecular complexity index is 666. The van der Waals surface area contributed by atoms with E-state index in [1.54, 1.807) is 0 Å². The van der Waals surface area contributed by atoms with E-state index in [4.69, 9.17) is 9.63 Å². The topological polar surface area (TPSA) is 140 Å². The standard InChI is InChI=1S/C10H11N4O6P/c15-7-6(2-19-21(17)18)20-10(8(7)16)14-4-13-5-1-11-3-12-9(5)14/h1,3-4,6-8,10,15-16H,2H2/p+1/t6-,7-,8-,10-/m1/s1. The summed E-state index contributed by atoms with van der Waals surface area (Å²) in [6.07, 6.45) is -0.120. The van der Waals surface area contributed by atoms with E-state index in [0.717, 1.165) is 0 Å². The van der Waals surface area contributed by atoms with Crippen LogP contribution in [-0.2, 0) is 13.8 Å². The monoisotopic (exact) mass is 315 g/mol. The fraction of sp³-hybridized carbons (Fsp3) is 0.500. The van der Waals surface area contributed by atoms with Gasteiger partial charge in [-0.25, -0.2) is 15.0 Å². The van der Waals surface area contributed by atoms with Crippen molar-refractivity contribution in [2.45, 2.75) is 24.5 Å². The van der Waals surface area contributed by atoms with Crippen LogP contribution >= 0.6 is 8.25 Å². The second kappa shape index (κ2) is 5.68. The van der Waals surface area contributed by atoms with E-state index >= 15 is 0 Å². The number of aromatic nitrogens is 4. The Balaban J connectivity index is 1.84. The van der Waals surface area contributed by atoms with Crippen molar-refractivity contribution in [2.24, 2.45) is 0 Å². The molecule has 21 heavy (non-hydrogen) atoms. The summed E-state index contributed by atoms with van der Waals surface area (Å²) in [4.78, 5) is 20.6. The Morgan fingerprint density at radius 3 is 2.95 bits per heavy atom. The smallest absolute Gasteiger partial charge is 0.387 e. The zero-order chi connectivity index (χ0) is 15.0. The Morgan fingerprint density at radius 2 is 2.19 bits per heavy atom. The van der Waals surface area contributed by atoms with Crippen LogP contribution in [0.25, 0.3) is 11.2 Å². The van der Waals surface area contributed by atoms with Gasteiger partial charge in [-0.2, -0.15) is 0 Å².